The molecule has 1 saturated heterocycles. The standard InChI is InChI=1S/C13H25N3O.2ClH/c1-14-6-2-3-13(17)16-9-7-15(8-10-16)11-12-4-5-12;;/h12,14H,2-11H2,1H3;2*1H. The molecule has 6 heteroatoms. The molecule has 4 nitrogen and oxygen atoms in total. The van der Waals surface area contributed by atoms with Crippen LogP contribution in [0.15, 0.2) is 0 Å². The lowest BCUT2D eigenvalue weighted by atomic mass is 10.2. The first-order valence-corrected chi connectivity index (χ1v) is 6.94. The van der Waals surface area contributed by atoms with Crippen LogP contribution in [0, 0.1) is 5.92 Å². The summed E-state index contributed by atoms with van der Waals surface area (Å²) in [6.45, 7) is 6.23. The van der Waals surface area contributed by atoms with E-state index in [0.29, 0.717) is 12.3 Å². The largest absolute Gasteiger partial charge is 0.340 e. The molecule has 1 aliphatic carbocycles. The molecule has 0 aromatic carbocycles. The van der Waals surface area contributed by atoms with Crippen molar-refractivity contribution in [2.75, 3.05) is 46.3 Å². The zero-order valence-electron chi connectivity index (χ0n) is 11.8. The normalized spacial score (nSPS) is 19.5. The monoisotopic (exact) mass is 311 g/mol. The van der Waals surface area contributed by atoms with Gasteiger partial charge in [-0.25, -0.2) is 0 Å². The van der Waals surface area contributed by atoms with Gasteiger partial charge in [-0.15, -0.1) is 24.8 Å². The Morgan fingerprint density at radius 3 is 2.32 bits per heavy atom. The Morgan fingerprint density at radius 1 is 1.16 bits per heavy atom. The molecule has 2 rings (SSSR count). The number of amides is 1. The van der Waals surface area contributed by atoms with Crippen LogP contribution in [-0.4, -0.2) is 62.0 Å². The maximum Gasteiger partial charge on any atom is 0.222 e. The fraction of sp³-hybridized carbons (Fsp3) is 0.923. The molecule has 2 fully saturated rings. The van der Waals surface area contributed by atoms with Gasteiger partial charge < -0.3 is 10.2 Å². The summed E-state index contributed by atoms with van der Waals surface area (Å²) in [5.41, 5.74) is 0. The van der Waals surface area contributed by atoms with Crippen molar-refractivity contribution in [2.45, 2.75) is 25.7 Å². The molecule has 1 amide bonds. The maximum absolute atomic E-state index is 11.9. The molecule has 1 saturated carbocycles. The van der Waals surface area contributed by atoms with Gasteiger partial charge in [-0.1, -0.05) is 0 Å². The third-order valence-corrected chi connectivity index (χ3v) is 3.76. The van der Waals surface area contributed by atoms with Gasteiger partial charge in [-0.3, -0.25) is 9.69 Å². The summed E-state index contributed by atoms with van der Waals surface area (Å²) >= 11 is 0. The fourth-order valence-electron chi connectivity index (χ4n) is 2.42. The fourth-order valence-corrected chi connectivity index (χ4v) is 2.42. The minimum absolute atomic E-state index is 0. The quantitative estimate of drug-likeness (QED) is 0.753. The van der Waals surface area contributed by atoms with Crippen molar-refractivity contribution in [3.8, 4) is 0 Å². The van der Waals surface area contributed by atoms with Crippen LogP contribution in [0.4, 0.5) is 0 Å². The number of rotatable bonds is 6. The van der Waals surface area contributed by atoms with E-state index in [9.17, 15) is 4.79 Å². The highest BCUT2D eigenvalue weighted by Crippen LogP contribution is 2.29. The number of hydrogen-bond acceptors (Lipinski definition) is 3. The molecule has 0 unspecified atom stereocenters. The number of carbonyl (C=O) groups excluding carboxylic acids is 1. The van der Waals surface area contributed by atoms with Crippen molar-refractivity contribution in [1.29, 1.82) is 0 Å². The Hall–Kier alpha value is -0.0300. The van der Waals surface area contributed by atoms with Crippen molar-refractivity contribution < 1.29 is 4.79 Å². The van der Waals surface area contributed by atoms with Gasteiger partial charge in [0.15, 0.2) is 0 Å². The molecule has 0 radical (unpaired) electrons. The highest BCUT2D eigenvalue weighted by molar-refractivity contribution is 5.85. The predicted octanol–water partition coefficient (Wildman–Crippen LogP) is 1.38. The lowest BCUT2D eigenvalue weighted by Crippen LogP contribution is -2.49. The van der Waals surface area contributed by atoms with Crippen molar-refractivity contribution in [3.63, 3.8) is 0 Å². The van der Waals surface area contributed by atoms with E-state index in [0.717, 1.165) is 45.1 Å². The summed E-state index contributed by atoms with van der Waals surface area (Å²) in [4.78, 5) is 16.5. The van der Waals surface area contributed by atoms with E-state index in [1.165, 1.54) is 19.4 Å². The van der Waals surface area contributed by atoms with Gasteiger partial charge in [0.2, 0.25) is 5.91 Å². The Kier molecular flexibility index (Phi) is 9.79. The summed E-state index contributed by atoms with van der Waals surface area (Å²) < 4.78 is 0. The van der Waals surface area contributed by atoms with E-state index in [2.05, 4.69) is 10.2 Å². The topological polar surface area (TPSA) is 35.6 Å². The third-order valence-electron chi connectivity index (χ3n) is 3.76. The van der Waals surface area contributed by atoms with Gasteiger partial charge >= 0.3 is 0 Å². The second-order valence-electron chi connectivity index (χ2n) is 5.33. The number of hydrogen-bond donors (Lipinski definition) is 1. The van der Waals surface area contributed by atoms with Crippen LogP contribution in [0.2, 0.25) is 0 Å². The van der Waals surface area contributed by atoms with Crippen LogP contribution in [0.1, 0.15) is 25.7 Å². The zero-order valence-corrected chi connectivity index (χ0v) is 13.4. The van der Waals surface area contributed by atoms with Crippen molar-refractivity contribution in [1.82, 2.24) is 15.1 Å². The maximum atomic E-state index is 11.9. The molecule has 19 heavy (non-hydrogen) atoms. The van der Waals surface area contributed by atoms with E-state index in [1.54, 1.807) is 0 Å². The van der Waals surface area contributed by atoms with Crippen molar-refractivity contribution in [3.05, 3.63) is 0 Å². The van der Waals surface area contributed by atoms with Crippen LogP contribution in [0.25, 0.3) is 0 Å². The number of halogens is 2. The molecule has 1 aliphatic heterocycles. The van der Waals surface area contributed by atoms with Gasteiger partial charge in [-0.2, -0.15) is 0 Å². The first-order chi connectivity index (χ1) is 8.29. The van der Waals surface area contributed by atoms with Gasteiger partial charge in [0, 0.05) is 39.1 Å². The van der Waals surface area contributed by atoms with Crippen molar-refractivity contribution in [2.24, 2.45) is 5.92 Å². The molecule has 0 spiro atoms. The predicted molar refractivity (Wildman–Crippen MR) is 83.4 cm³/mol. The lowest BCUT2D eigenvalue weighted by molar-refractivity contribution is -0.133. The Bertz CT molecular complexity index is 254. The van der Waals surface area contributed by atoms with Crippen LogP contribution >= 0.6 is 24.8 Å². The number of piperazine rings is 1. The average molecular weight is 312 g/mol. The second-order valence-corrected chi connectivity index (χ2v) is 5.33. The highest BCUT2D eigenvalue weighted by atomic mass is 35.5. The zero-order chi connectivity index (χ0) is 12.1. The van der Waals surface area contributed by atoms with E-state index in [4.69, 9.17) is 0 Å². The number of carbonyl (C=O) groups is 1. The molecule has 1 heterocycles. The van der Waals surface area contributed by atoms with E-state index in [-0.39, 0.29) is 24.8 Å². The van der Waals surface area contributed by atoms with Gasteiger partial charge in [0.1, 0.15) is 0 Å². The van der Waals surface area contributed by atoms with Crippen molar-refractivity contribution >= 4 is 30.7 Å². The lowest BCUT2D eigenvalue weighted by Gasteiger charge is -2.34. The van der Waals surface area contributed by atoms with Gasteiger partial charge in [0.25, 0.3) is 0 Å². The molecule has 0 aromatic rings. The van der Waals surface area contributed by atoms with E-state index < -0.39 is 0 Å². The average Bonchev–Trinajstić information content (AvgIpc) is 3.14. The van der Waals surface area contributed by atoms with Crippen LogP contribution in [-0.2, 0) is 4.79 Å². The first-order valence-electron chi connectivity index (χ1n) is 6.94. The molecule has 0 bridgehead atoms. The van der Waals surface area contributed by atoms with Crippen LogP contribution in [0.5, 0.6) is 0 Å². The SMILES string of the molecule is CNCCCC(=O)N1CCN(CC2CC2)CC1.Cl.Cl. The molecule has 2 aliphatic rings. The molecule has 1 N–H and O–H groups in total. The molecular weight excluding hydrogens is 285 g/mol. The number of nitrogens with one attached hydrogen (secondary N) is 1. The molecule has 0 aromatic heterocycles. The van der Waals surface area contributed by atoms with E-state index >= 15 is 0 Å². The van der Waals surface area contributed by atoms with Crippen LogP contribution in [0.3, 0.4) is 0 Å². The highest BCUT2D eigenvalue weighted by Gasteiger charge is 2.27. The Morgan fingerprint density at radius 2 is 1.79 bits per heavy atom. The van der Waals surface area contributed by atoms with Crippen LogP contribution < -0.4 is 5.32 Å². The summed E-state index contributed by atoms with van der Waals surface area (Å²) in [5, 5.41) is 3.08. The molecule has 114 valence electrons. The number of nitrogens with zero attached hydrogens (tertiary/aromatic N) is 2. The summed E-state index contributed by atoms with van der Waals surface area (Å²) in [6, 6.07) is 0. The summed E-state index contributed by atoms with van der Waals surface area (Å²) in [5.74, 6) is 1.30. The van der Waals surface area contributed by atoms with Gasteiger partial charge in [-0.05, 0) is 38.8 Å². The van der Waals surface area contributed by atoms with Gasteiger partial charge in [0.05, 0.1) is 0 Å². The minimum Gasteiger partial charge on any atom is -0.340 e. The minimum atomic E-state index is 0. The Balaban J connectivity index is 0.00000162. The smallest absolute Gasteiger partial charge is 0.222 e. The van der Waals surface area contributed by atoms with E-state index in [1.807, 2.05) is 11.9 Å². The molecule has 0 atom stereocenters. The summed E-state index contributed by atoms with van der Waals surface area (Å²) in [7, 11) is 1.93. The Labute approximate surface area is 129 Å². The molecular formula is C13H27Cl2N3O. The summed E-state index contributed by atoms with van der Waals surface area (Å²) in [6.07, 6.45) is 4.49. The third kappa shape index (κ3) is 6.80. The second kappa shape index (κ2) is 9.81. The first kappa shape index (κ1) is 19.0.